The minimum Gasteiger partial charge on any atom is -0.301 e. The Balaban J connectivity index is 1.66. The lowest BCUT2D eigenvalue weighted by Crippen LogP contribution is -2.48. The Hall–Kier alpha value is -2.09. The highest BCUT2D eigenvalue weighted by molar-refractivity contribution is 7.09. The summed E-state index contributed by atoms with van der Waals surface area (Å²) in [5.74, 6) is 0.928. The van der Waals surface area contributed by atoms with Crippen molar-refractivity contribution in [2.45, 2.75) is 26.4 Å². The molecule has 0 unspecified atom stereocenters. The summed E-state index contributed by atoms with van der Waals surface area (Å²) in [5, 5.41) is 14.9. The summed E-state index contributed by atoms with van der Waals surface area (Å²) in [4.78, 5) is 6.28. The highest BCUT2D eigenvalue weighted by Gasteiger charge is 2.30. The van der Waals surface area contributed by atoms with Crippen LogP contribution in [0.2, 0.25) is 0 Å². The third-order valence-corrected chi connectivity index (χ3v) is 6.16. The molecule has 0 aliphatic carbocycles. The van der Waals surface area contributed by atoms with Crippen molar-refractivity contribution in [1.29, 1.82) is 0 Å². The molecule has 4 rings (SSSR count). The van der Waals surface area contributed by atoms with Gasteiger partial charge in [0.05, 0.1) is 12.6 Å². The number of hydrogen-bond donors (Lipinski definition) is 0. The molecule has 1 atom stereocenters. The molecule has 1 fully saturated rings. The zero-order valence-electron chi connectivity index (χ0n) is 16.0. The predicted octanol–water partition coefficient (Wildman–Crippen LogP) is 2.82. The molecule has 0 N–H and O–H groups in total. The molecule has 0 spiro atoms. The zero-order valence-corrected chi connectivity index (χ0v) is 16.8. The molecule has 0 bridgehead atoms. The Morgan fingerprint density at radius 1 is 1.07 bits per heavy atom. The molecular formula is C20H26N6S. The molecule has 2 aromatic heterocycles. The number of piperazine rings is 1. The first-order chi connectivity index (χ1) is 13.2. The molecule has 0 saturated carbocycles. The van der Waals surface area contributed by atoms with Crippen molar-refractivity contribution >= 4 is 11.3 Å². The molecule has 3 heterocycles. The minimum absolute atomic E-state index is 0.0829. The average Bonchev–Trinajstić information content (AvgIpc) is 3.37. The minimum atomic E-state index is 0.0829. The van der Waals surface area contributed by atoms with E-state index in [1.54, 1.807) is 11.3 Å². The molecule has 3 aromatic rings. The van der Waals surface area contributed by atoms with Crippen molar-refractivity contribution in [3.8, 4) is 0 Å². The normalized spacial score (nSPS) is 17.3. The second-order valence-electron chi connectivity index (χ2n) is 7.06. The summed E-state index contributed by atoms with van der Waals surface area (Å²) in [7, 11) is 0. The van der Waals surface area contributed by atoms with Crippen LogP contribution in [0.15, 0.2) is 41.8 Å². The summed E-state index contributed by atoms with van der Waals surface area (Å²) >= 11 is 1.74. The van der Waals surface area contributed by atoms with E-state index in [1.165, 1.54) is 16.0 Å². The van der Waals surface area contributed by atoms with Crippen LogP contribution >= 0.6 is 11.3 Å². The Kier molecular flexibility index (Phi) is 5.61. The van der Waals surface area contributed by atoms with Gasteiger partial charge in [-0.2, -0.15) is 0 Å². The molecular weight excluding hydrogens is 356 g/mol. The highest BCUT2D eigenvalue weighted by atomic mass is 32.1. The summed E-state index contributed by atoms with van der Waals surface area (Å²) in [6, 6.07) is 13.1. The largest absolute Gasteiger partial charge is 0.301 e. The number of tetrazole rings is 1. The number of thiophene rings is 1. The van der Waals surface area contributed by atoms with E-state index in [1.807, 2.05) is 4.68 Å². The first kappa shape index (κ1) is 18.3. The molecule has 1 saturated heterocycles. The monoisotopic (exact) mass is 382 g/mol. The third kappa shape index (κ3) is 4.10. The Bertz CT molecular complexity index is 834. The Morgan fingerprint density at radius 3 is 2.52 bits per heavy atom. The van der Waals surface area contributed by atoms with Crippen molar-refractivity contribution in [3.05, 3.63) is 63.6 Å². The molecule has 0 amide bonds. The van der Waals surface area contributed by atoms with Crippen LogP contribution in [0.5, 0.6) is 0 Å². The van der Waals surface area contributed by atoms with Gasteiger partial charge in [-0.25, -0.2) is 4.68 Å². The summed E-state index contributed by atoms with van der Waals surface area (Å²) < 4.78 is 1.96. The van der Waals surface area contributed by atoms with Gasteiger partial charge in [-0.05, 0) is 40.9 Å². The van der Waals surface area contributed by atoms with Gasteiger partial charge in [-0.1, -0.05) is 42.8 Å². The van der Waals surface area contributed by atoms with Crippen LogP contribution in [0.3, 0.4) is 0 Å². The van der Waals surface area contributed by atoms with E-state index < -0.39 is 0 Å². The first-order valence-electron chi connectivity index (χ1n) is 9.56. The SMILES string of the molecule is CCN1CCN([C@H](c2ccc(C)cc2)c2nnnn2Cc2cccs2)CC1. The Labute approximate surface area is 164 Å². The first-order valence-corrected chi connectivity index (χ1v) is 10.4. The van der Waals surface area contributed by atoms with E-state index in [9.17, 15) is 0 Å². The van der Waals surface area contributed by atoms with Gasteiger partial charge in [0.2, 0.25) is 0 Å². The van der Waals surface area contributed by atoms with E-state index in [0.29, 0.717) is 0 Å². The fourth-order valence-electron chi connectivity index (χ4n) is 3.68. The van der Waals surface area contributed by atoms with Gasteiger partial charge in [-0.3, -0.25) is 4.90 Å². The van der Waals surface area contributed by atoms with Crippen LogP contribution in [0.25, 0.3) is 0 Å². The quantitative estimate of drug-likeness (QED) is 0.656. The van der Waals surface area contributed by atoms with Gasteiger partial charge in [-0.15, -0.1) is 16.4 Å². The zero-order chi connectivity index (χ0) is 18.6. The number of aryl methyl sites for hydroxylation is 1. The van der Waals surface area contributed by atoms with Crippen LogP contribution in [-0.4, -0.2) is 62.7 Å². The van der Waals surface area contributed by atoms with E-state index >= 15 is 0 Å². The lowest BCUT2D eigenvalue weighted by molar-refractivity contribution is 0.108. The highest BCUT2D eigenvalue weighted by Crippen LogP contribution is 2.29. The number of nitrogens with zero attached hydrogens (tertiary/aromatic N) is 6. The van der Waals surface area contributed by atoms with Gasteiger partial charge in [0.1, 0.15) is 0 Å². The maximum atomic E-state index is 4.46. The number of likely N-dealkylation sites (N-methyl/N-ethyl adjacent to an activating group) is 1. The smallest absolute Gasteiger partial charge is 0.173 e. The van der Waals surface area contributed by atoms with Crippen LogP contribution in [0, 0.1) is 6.92 Å². The van der Waals surface area contributed by atoms with Crippen LogP contribution in [0.1, 0.15) is 34.8 Å². The van der Waals surface area contributed by atoms with Gasteiger partial charge in [0, 0.05) is 31.1 Å². The second-order valence-corrected chi connectivity index (χ2v) is 8.09. The van der Waals surface area contributed by atoms with Crippen molar-refractivity contribution in [2.24, 2.45) is 0 Å². The van der Waals surface area contributed by atoms with Crippen molar-refractivity contribution in [1.82, 2.24) is 30.0 Å². The summed E-state index contributed by atoms with van der Waals surface area (Å²) in [6.45, 7) is 10.4. The van der Waals surface area contributed by atoms with E-state index in [2.05, 4.69) is 81.0 Å². The van der Waals surface area contributed by atoms with Gasteiger partial charge in [0.25, 0.3) is 0 Å². The Morgan fingerprint density at radius 2 is 1.85 bits per heavy atom. The molecule has 27 heavy (non-hydrogen) atoms. The van der Waals surface area contributed by atoms with Crippen LogP contribution < -0.4 is 0 Å². The van der Waals surface area contributed by atoms with Gasteiger partial charge >= 0.3 is 0 Å². The molecule has 1 aromatic carbocycles. The van der Waals surface area contributed by atoms with E-state index in [0.717, 1.165) is 45.1 Å². The average molecular weight is 383 g/mol. The fraction of sp³-hybridized carbons (Fsp3) is 0.450. The molecule has 142 valence electrons. The third-order valence-electron chi connectivity index (χ3n) is 5.30. The van der Waals surface area contributed by atoms with Crippen molar-refractivity contribution in [2.75, 3.05) is 32.7 Å². The van der Waals surface area contributed by atoms with Crippen LogP contribution in [-0.2, 0) is 6.54 Å². The maximum Gasteiger partial charge on any atom is 0.173 e. The fourth-order valence-corrected chi connectivity index (χ4v) is 4.37. The lowest BCUT2D eigenvalue weighted by Gasteiger charge is -2.38. The topological polar surface area (TPSA) is 50.1 Å². The van der Waals surface area contributed by atoms with Gasteiger partial charge < -0.3 is 4.90 Å². The standard InChI is InChI=1S/C20H26N6S/c1-3-24-10-12-25(13-11-24)19(17-8-6-16(2)7-9-17)20-21-22-23-26(20)15-18-5-4-14-27-18/h4-9,14,19H,3,10-13,15H2,1-2H3/t19-/m1/s1. The van der Waals surface area contributed by atoms with E-state index in [4.69, 9.17) is 0 Å². The lowest BCUT2D eigenvalue weighted by atomic mass is 10.0. The molecule has 7 heteroatoms. The second kappa shape index (κ2) is 8.29. The van der Waals surface area contributed by atoms with Gasteiger partial charge in [0.15, 0.2) is 5.82 Å². The molecule has 1 aliphatic rings. The number of benzene rings is 1. The number of rotatable bonds is 6. The number of aromatic nitrogens is 4. The summed E-state index contributed by atoms with van der Waals surface area (Å²) in [5.41, 5.74) is 2.53. The summed E-state index contributed by atoms with van der Waals surface area (Å²) in [6.07, 6.45) is 0. The van der Waals surface area contributed by atoms with Crippen LogP contribution in [0.4, 0.5) is 0 Å². The maximum absolute atomic E-state index is 4.46. The molecule has 0 radical (unpaired) electrons. The van der Waals surface area contributed by atoms with Crippen molar-refractivity contribution < 1.29 is 0 Å². The number of hydrogen-bond acceptors (Lipinski definition) is 6. The predicted molar refractivity (Wildman–Crippen MR) is 108 cm³/mol. The molecule has 1 aliphatic heterocycles. The van der Waals surface area contributed by atoms with E-state index in [-0.39, 0.29) is 6.04 Å². The molecule has 6 nitrogen and oxygen atoms in total. The van der Waals surface area contributed by atoms with Crippen molar-refractivity contribution in [3.63, 3.8) is 0 Å².